The number of nitro benzene ring substituents is 1. The van der Waals surface area contributed by atoms with Gasteiger partial charge in [0.25, 0.3) is 5.69 Å². The number of nitro groups is 1. The van der Waals surface area contributed by atoms with Crippen LogP contribution in [0.4, 0.5) is 5.69 Å². The summed E-state index contributed by atoms with van der Waals surface area (Å²) in [6, 6.07) is 4.01. The van der Waals surface area contributed by atoms with Gasteiger partial charge in [-0.1, -0.05) is 23.2 Å². The van der Waals surface area contributed by atoms with E-state index in [1.54, 1.807) is 12.3 Å². The van der Waals surface area contributed by atoms with E-state index in [1.165, 1.54) is 18.3 Å². The first-order valence-electron chi connectivity index (χ1n) is 5.32. The normalized spacial score (nSPS) is 10.3. The number of rotatable bonds is 4. The highest BCUT2D eigenvalue weighted by atomic mass is 35.5. The molecule has 0 N–H and O–H groups in total. The summed E-state index contributed by atoms with van der Waals surface area (Å²) in [6.07, 6.45) is 3.06. The highest BCUT2D eigenvalue weighted by molar-refractivity contribution is 6.37. The molecule has 0 atom stereocenters. The van der Waals surface area contributed by atoms with Gasteiger partial charge in [0.15, 0.2) is 5.75 Å². The smallest absolute Gasteiger partial charge is 0.272 e. The van der Waals surface area contributed by atoms with Crippen molar-refractivity contribution in [3.63, 3.8) is 0 Å². The van der Waals surface area contributed by atoms with Crippen molar-refractivity contribution in [2.75, 3.05) is 0 Å². The van der Waals surface area contributed by atoms with E-state index in [1.807, 2.05) is 0 Å². The van der Waals surface area contributed by atoms with E-state index in [2.05, 4.69) is 4.98 Å². The van der Waals surface area contributed by atoms with Gasteiger partial charge in [0.2, 0.25) is 0 Å². The van der Waals surface area contributed by atoms with Crippen molar-refractivity contribution in [3.8, 4) is 11.5 Å². The zero-order valence-corrected chi connectivity index (χ0v) is 12.1. The summed E-state index contributed by atoms with van der Waals surface area (Å²) in [6.45, 7) is 0. The Morgan fingerprint density at radius 2 is 1.85 bits per heavy atom. The molecule has 0 spiro atoms. The Bertz CT molecular complexity index is 641. The lowest BCUT2D eigenvalue weighted by molar-refractivity contribution is -0.384. The van der Waals surface area contributed by atoms with Crippen LogP contribution in [0.25, 0.3) is 0 Å². The first kappa shape index (κ1) is 14.8. The zero-order valence-electron chi connectivity index (χ0n) is 9.85. The van der Waals surface area contributed by atoms with Crippen LogP contribution in [0.3, 0.4) is 0 Å². The van der Waals surface area contributed by atoms with Gasteiger partial charge in [-0.15, -0.1) is 11.6 Å². The Morgan fingerprint density at radius 3 is 2.40 bits per heavy atom. The third-order valence-electron chi connectivity index (χ3n) is 2.34. The lowest BCUT2D eigenvalue weighted by Crippen LogP contribution is -1.92. The van der Waals surface area contributed by atoms with Gasteiger partial charge in [0.05, 0.1) is 21.2 Å². The maximum atomic E-state index is 10.7. The average molecular weight is 334 g/mol. The van der Waals surface area contributed by atoms with Gasteiger partial charge >= 0.3 is 0 Å². The molecule has 0 fully saturated rings. The number of ether oxygens (including phenoxy) is 1. The minimum absolute atomic E-state index is 0.0421. The Balaban J connectivity index is 2.36. The number of aromatic nitrogens is 1. The predicted octanol–water partition coefficient (Wildman–Crippen LogP) is 4.83. The van der Waals surface area contributed by atoms with E-state index in [0.717, 1.165) is 5.56 Å². The van der Waals surface area contributed by atoms with E-state index in [0.29, 0.717) is 5.75 Å². The predicted molar refractivity (Wildman–Crippen MR) is 77.0 cm³/mol. The molecule has 2 aromatic rings. The summed E-state index contributed by atoms with van der Waals surface area (Å²) in [5.74, 6) is 0.805. The van der Waals surface area contributed by atoms with Crippen molar-refractivity contribution < 1.29 is 9.66 Å². The second kappa shape index (κ2) is 6.26. The topological polar surface area (TPSA) is 65.3 Å². The van der Waals surface area contributed by atoms with Gasteiger partial charge < -0.3 is 4.74 Å². The Labute approximate surface area is 129 Å². The summed E-state index contributed by atoms with van der Waals surface area (Å²) in [7, 11) is 0. The van der Waals surface area contributed by atoms with E-state index in [4.69, 9.17) is 39.5 Å². The molecule has 0 aliphatic rings. The summed E-state index contributed by atoms with van der Waals surface area (Å²) in [5.41, 5.74) is 0.554. The van der Waals surface area contributed by atoms with Crippen molar-refractivity contribution in [2.24, 2.45) is 0 Å². The van der Waals surface area contributed by atoms with Gasteiger partial charge in [-0.3, -0.25) is 15.1 Å². The van der Waals surface area contributed by atoms with Crippen LogP contribution in [0.1, 0.15) is 5.56 Å². The van der Waals surface area contributed by atoms with Crippen LogP contribution in [0.2, 0.25) is 10.0 Å². The number of pyridine rings is 1. The number of benzene rings is 1. The Kier molecular flexibility index (Phi) is 4.65. The molecule has 0 unspecified atom stereocenters. The quantitative estimate of drug-likeness (QED) is 0.457. The molecule has 20 heavy (non-hydrogen) atoms. The van der Waals surface area contributed by atoms with Gasteiger partial charge in [0.1, 0.15) is 5.75 Å². The van der Waals surface area contributed by atoms with Gasteiger partial charge in [-0.2, -0.15) is 0 Å². The molecular formula is C12H7Cl3N2O3. The summed E-state index contributed by atoms with van der Waals surface area (Å²) < 4.78 is 5.51. The Hall–Kier alpha value is -1.56. The van der Waals surface area contributed by atoms with Crippen molar-refractivity contribution in [3.05, 3.63) is 56.3 Å². The molecule has 0 amide bonds. The molecule has 5 nitrogen and oxygen atoms in total. The Morgan fingerprint density at radius 1 is 1.20 bits per heavy atom. The standard InChI is InChI=1S/C12H7Cl3N2O3/c13-4-7-1-9(6-16-5-7)20-12-10(14)2-8(17(18)19)3-11(12)15/h1-3,5-6H,4H2. The lowest BCUT2D eigenvalue weighted by atomic mass is 10.3. The summed E-state index contributed by atoms with van der Waals surface area (Å²) >= 11 is 17.6. The van der Waals surface area contributed by atoms with Gasteiger partial charge in [-0.05, 0) is 11.6 Å². The first-order chi connectivity index (χ1) is 9.51. The van der Waals surface area contributed by atoms with Crippen LogP contribution in [0.5, 0.6) is 11.5 Å². The molecule has 8 heteroatoms. The molecule has 0 saturated heterocycles. The fraction of sp³-hybridized carbons (Fsp3) is 0.0833. The van der Waals surface area contributed by atoms with Crippen LogP contribution < -0.4 is 4.74 Å². The van der Waals surface area contributed by atoms with Crippen LogP contribution in [0, 0.1) is 10.1 Å². The SMILES string of the molecule is O=[N+]([O-])c1cc(Cl)c(Oc2cncc(CCl)c2)c(Cl)c1. The van der Waals surface area contributed by atoms with E-state index in [9.17, 15) is 10.1 Å². The average Bonchev–Trinajstić information content (AvgIpc) is 2.42. The number of non-ortho nitro benzene ring substituents is 1. The highest BCUT2D eigenvalue weighted by Crippen LogP contribution is 2.39. The fourth-order valence-electron chi connectivity index (χ4n) is 1.46. The molecule has 0 aliphatic heterocycles. The van der Waals surface area contributed by atoms with Crippen molar-refractivity contribution in [1.29, 1.82) is 0 Å². The second-order valence-corrected chi connectivity index (χ2v) is 4.84. The lowest BCUT2D eigenvalue weighted by Gasteiger charge is -2.09. The highest BCUT2D eigenvalue weighted by Gasteiger charge is 2.16. The third-order valence-corrected chi connectivity index (χ3v) is 3.21. The molecule has 0 saturated carbocycles. The maximum absolute atomic E-state index is 10.7. The van der Waals surface area contributed by atoms with Crippen LogP contribution in [-0.2, 0) is 5.88 Å². The molecule has 1 heterocycles. The van der Waals surface area contributed by atoms with E-state index < -0.39 is 4.92 Å². The van der Waals surface area contributed by atoms with Gasteiger partial charge in [-0.25, -0.2) is 0 Å². The minimum Gasteiger partial charge on any atom is -0.453 e. The summed E-state index contributed by atoms with van der Waals surface area (Å²) in [4.78, 5) is 14.0. The van der Waals surface area contributed by atoms with Crippen LogP contribution in [-0.4, -0.2) is 9.91 Å². The minimum atomic E-state index is -0.586. The first-order valence-corrected chi connectivity index (χ1v) is 6.61. The largest absolute Gasteiger partial charge is 0.453 e. The number of alkyl halides is 1. The molecule has 1 aromatic carbocycles. The number of nitrogens with zero attached hydrogens (tertiary/aromatic N) is 2. The molecule has 104 valence electrons. The molecule has 0 bridgehead atoms. The second-order valence-electron chi connectivity index (χ2n) is 3.76. The molecule has 1 aromatic heterocycles. The van der Waals surface area contributed by atoms with Crippen molar-refractivity contribution in [1.82, 2.24) is 4.98 Å². The monoisotopic (exact) mass is 332 g/mol. The molecule has 0 radical (unpaired) electrons. The van der Waals surface area contributed by atoms with Crippen molar-refractivity contribution >= 4 is 40.5 Å². The van der Waals surface area contributed by atoms with Crippen molar-refractivity contribution in [2.45, 2.75) is 5.88 Å². The molecule has 2 rings (SSSR count). The van der Waals surface area contributed by atoms with E-state index >= 15 is 0 Å². The number of halogens is 3. The number of hydrogen-bond acceptors (Lipinski definition) is 4. The summed E-state index contributed by atoms with van der Waals surface area (Å²) in [5, 5.41) is 10.8. The van der Waals surface area contributed by atoms with Crippen LogP contribution in [0.15, 0.2) is 30.6 Å². The fourth-order valence-corrected chi connectivity index (χ4v) is 2.16. The van der Waals surface area contributed by atoms with Crippen LogP contribution >= 0.6 is 34.8 Å². The third kappa shape index (κ3) is 3.30. The zero-order chi connectivity index (χ0) is 14.7. The van der Waals surface area contributed by atoms with E-state index in [-0.39, 0.29) is 27.4 Å². The molecular weight excluding hydrogens is 327 g/mol. The molecule has 0 aliphatic carbocycles. The van der Waals surface area contributed by atoms with Gasteiger partial charge in [0, 0.05) is 24.2 Å². The number of hydrogen-bond donors (Lipinski definition) is 0. The maximum Gasteiger partial charge on any atom is 0.272 e.